The van der Waals surface area contributed by atoms with E-state index in [1.54, 1.807) is 53.4 Å². The van der Waals surface area contributed by atoms with Crippen molar-refractivity contribution >= 4 is 17.5 Å². The van der Waals surface area contributed by atoms with Gasteiger partial charge in [-0.2, -0.15) is 5.26 Å². The van der Waals surface area contributed by atoms with Crippen molar-refractivity contribution in [1.29, 1.82) is 5.26 Å². The Bertz CT molecular complexity index is 1320. The number of pyridine rings is 1. The van der Waals surface area contributed by atoms with Gasteiger partial charge >= 0.3 is 0 Å². The number of aromatic nitrogens is 1. The van der Waals surface area contributed by atoms with Crippen molar-refractivity contribution in [3.63, 3.8) is 0 Å². The van der Waals surface area contributed by atoms with Gasteiger partial charge in [0.15, 0.2) is 0 Å². The maximum atomic E-state index is 13.2. The number of piperidine rings is 2. The number of benzene rings is 2. The highest BCUT2D eigenvalue weighted by Crippen LogP contribution is 2.22. The van der Waals surface area contributed by atoms with Gasteiger partial charge < -0.3 is 19.9 Å². The van der Waals surface area contributed by atoms with Gasteiger partial charge in [-0.25, -0.2) is 4.39 Å². The van der Waals surface area contributed by atoms with Crippen molar-refractivity contribution in [2.75, 3.05) is 31.1 Å². The summed E-state index contributed by atoms with van der Waals surface area (Å²) >= 11 is 0. The van der Waals surface area contributed by atoms with Crippen LogP contribution in [-0.2, 0) is 0 Å². The van der Waals surface area contributed by atoms with Crippen molar-refractivity contribution < 1.29 is 18.7 Å². The minimum absolute atomic E-state index is 0.00331. The molecular weight excluding hydrogens is 497 g/mol. The maximum absolute atomic E-state index is 13.2. The molecule has 0 bridgehead atoms. The number of halogens is 1. The molecule has 0 radical (unpaired) electrons. The second-order valence-corrected chi connectivity index (χ2v) is 9.89. The highest BCUT2D eigenvalue weighted by Gasteiger charge is 2.26. The Hall–Kier alpha value is -4.45. The van der Waals surface area contributed by atoms with E-state index >= 15 is 0 Å². The van der Waals surface area contributed by atoms with Crippen molar-refractivity contribution in [2.45, 2.75) is 37.8 Å². The number of nitrogens with zero attached hydrogens (tertiary/aromatic N) is 4. The molecular formula is C30H30FN5O3. The third kappa shape index (κ3) is 6.52. The summed E-state index contributed by atoms with van der Waals surface area (Å²) in [4.78, 5) is 34.0. The van der Waals surface area contributed by atoms with Gasteiger partial charge in [0, 0.05) is 56.9 Å². The number of carbonyl (C=O) groups is 2. The lowest BCUT2D eigenvalue weighted by molar-refractivity contribution is 0.0589. The Balaban J connectivity index is 1.07. The van der Waals surface area contributed by atoms with Crippen molar-refractivity contribution in [3.8, 4) is 11.8 Å². The molecule has 0 spiro atoms. The number of nitrogens with one attached hydrogen (secondary N) is 1. The molecule has 2 fully saturated rings. The summed E-state index contributed by atoms with van der Waals surface area (Å²) in [5, 5.41) is 12.0. The largest absolute Gasteiger partial charge is 0.490 e. The average molecular weight is 528 g/mol. The van der Waals surface area contributed by atoms with Crippen molar-refractivity contribution in [1.82, 2.24) is 15.2 Å². The van der Waals surface area contributed by atoms with Crippen LogP contribution in [0.4, 0.5) is 10.1 Å². The first-order valence-corrected chi connectivity index (χ1v) is 13.2. The number of anilines is 1. The standard InChI is InChI=1S/C30H30FN5O3/c31-23-4-6-25(7-5-23)35-15-11-24(12-16-35)34-29(37)22-3-10-28(33-20-22)30(38)36-17-13-27(14-18-36)39-26-8-1-21(19-32)2-9-26/h1-10,20,24,27H,11-18H2,(H,34,37). The van der Waals surface area contributed by atoms with Crippen LogP contribution in [0.1, 0.15) is 52.1 Å². The third-order valence-corrected chi connectivity index (χ3v) is 7.28. The molecule has 0 atom stereocenters. The highest BCUT2D eigenvalue weighted by atomic mass is 19.1. The predicted molar refractivity (Wildman–Crippen MR) is 144 cm³/mol. The van der Waals surface area contributed by atoms with Gasteiger partial charge in [-0.3, -0.25) is 14.6 Å². The Labute approximate surface area is 227 Å². The molecule has 9 heteroatoms. The van der Waals surface area contributed by atoms with Crippen molar-refractivity contribution in [3.05, 3.63) is 89.5 Å². The predicted octanol–water partition coefficient (Wildman–Crippen LogP) is 4.17. The number of ether oxygens (including phenoxy) is 1. The molecule has 0 saturated carbocycles. The molecule has 0 aliphatic carbocycles. The van der Waals surface area contributed by atoms with Crippen LogP contribution in [-0.4, -0.2) is 60.0 Å². The number of hydrogen-bond acceptors (Lipinski definition) is 6. The van der Waals surface area contributed by atoms with E-state index in [-0.39, 0.29) is 29.8 Å². The van der Waals surface area contributed by atoms with E-state index in [0.29, 0.717) is 48.5 Å². The first-order valence-electron chi connectivity index (χ1n) is 13.2. The molecule has 1 aromatic heterocycles. The summed E-state index contributed by atoms with van der Waals surface area (Å²) in [6, 6.07) is 18.9. The molecule has 2 saturated heterocycles. The van der Waals surface area contributed by atoms with Crippen molar-refractivity contribution in [2.24, 2.45) is 0 Å². The minimum atomic E-state index is -0.252. The van der Waals surface area contributed by atoms with Crippen LogP contribution < -0.4 is 15.0 Å². The highest BCUT2D eigenvalue weighted by molar-refractivity contribution is 5.96. The van der Waals surface area contributed by atoms with Crippen LogP contribution in [0.2, 0.25) is 0 Å². The smallest absolute Gasteiger partial charge is 0.272 e. The molecule has 5 rings (SSSR count). The van der Waals surface area contributed by atoms with Gasteiger partial charge in [-0.1, -0.05) is 0 Å². The molecule has 2 aliphatic rings. The molecule has 39 heavy (non-hydrogen) atoms. The zero-order valence-corrected chi connectivity index (χ0v) is 21.6. The summed E-state index contributed by atoms with van der Waals surface area (Å²) in [5.74, 6) is 0.0969. The van der Waals surface area contributed by atoms with Crippen LogP contribution in [0, 0.1) is 17.1 Å². The van der Waals surface area contributed by atoms with E-state index in [0.717, 1.165) is 31.6 Å². The summed E-state index contributed by atoms with van der Waals surface area (Å²) in [6.45, 7) is 2.66. The summed E-state index contributed by atoms with van der Waals surface area (Å²) in [5.41, 5.74) is 2.30. The summed E-state index contributed by atoms with van der Waals surface area (Å²) < 4.78 is 19.2. The number of rotatable bonds is 6. The fourth-order valence-corrected chi connectivity index (χ4v) is 5.00. The van der Waals surface area contributed by atoms with E-state index < -0.39 is 0 Å². The third-order valence-electron chi connectivity index (χ3n) is 7.28. The van der Waals surface area contributed by atoms with Crippen LogP contribution in [0.15, 0.2) is 66.9 Å². The Kier molecular flexibility index (Phi) is 8.02. The lowest BCUT2D eigenvalue weighted by Gasteiger charge is -2.34. The maximum Gasteiger partial charge on any atom is 0.272 e. The Morgan fingerprint density at radius 1 is 0.923 bits per heavy atom. The van der Waals surface area contributed by atoms with E-state index in [4.69, 9.17) is 10.00 Å². The molecule has 3 aromatic rings. The zero-order valence-electron chi connectivity index (χ0n) is 21.6. The van der Waals surface area contributed by atoms with Gasteiger partial charge in [0.05, 0.1) is 17.2 Å². The lowest BCUT2D eigenvalue weighted by atomic mass is 10.0. The fourth-order valence-electron chi connectivity index (χ4n) is 5.00. The van der Waals surface area contributed by atoms with Gasteiger partial charge in [0.1, 0.15) is 23.4 Å². The molecule has 1 N–H and O–H groups in total. The zero-order chi connectivity index (χ0) is 27.2. The average Bonchev–Trinajstić information content (AvgIpc) is 2.98. The van der Waals surface area contributed by atoms with E-state index in [1.165, 1.54) is 18.3 Å². The fraction of sp³-hybridized carbons (Fsp3) is 0.333. The van der Waals surface area contributed by atoms with Gasteiger partial charge in [-0.05, 0) is 73.5 Å². The Morgan fingerprint density at radius 2 is 1.62 bits per heavy atom. The number of carbonyl (C=O) groups excluding carboxylic acids is 2. The first-order chi connectivity index (χ1) is 19.0. The number of hydrogen-bond donors (Lipinski definition) is 1. The quantitative estimate of drug-likeness (QED) is 0.517. The van der Waals surface area contributed by atoms with Crippen LogP contribution >= 0.6 is 0 Å². The molecule has 8 nitrogen and oxygen atoms in total. The minimum Gasteiger partial charge on any atom is -0.490 e. The van der Waals surface area contributed by atoms with Gasteiger partial charge in [-0.15, -0.1) is 0 Å². The van der Waals surface area contributed by atoms with Crippen LogP contribution in [0.3, 0.4) is 0 Å². The van der Waals surface area contributed by atoms with E-state index in [9.17, 15) is 14.0 Å². The number of amides is 2. The van der Waals surface area contributed by atoms with E-state index in [1.807, 2.05) is 0 Å². The van der Waals surface area contributed by atoms with Gasteiger partial charge in [0.2, 0.25) is 0 Å². The van der Waals surface area contributed by atoms with Crippen LogP contribution in [0.5, 0.6) is 5.75 Å². The lowest BCUT2D eigenvalue weighted by Crippen LogP contribution is -2.44. The topological polar surface area (TPSA) is 98.6 Å². The first kappa shape index (κ1) is 26.2. The molecule has 0 unspecified atom stereocenters. The van der Waals surface area contributed by atoms with E-state index in [2.05, 4.69) is 21.3 Å². The van der Waals surface area contributed by atoms with Crippen LogP contribution in [0.25, 0.3) is 0 Å². The SMILES string of the molecule is N#Cc1ccc(OC2CCN(C(=O)c3ccc(C(=O)NC4CCN(c5ccc(F)cc5)CC4)cn3)CC2)cc1. The van der Waals surface area contributed by atoms with Gasteiger partial charge in [0.25, 0.3) is 11.8 Å². The monoisotopic (exact) mass is 527 g/mol. The molecule has 2 amide bonds. The number of nitriles is 1. The molecule has 3 heterocycles. The number of likely N-dealkylation sites (tertiary alicyclic amines) is 1. The molecule has 2 aromatic carbocycles. The summed E-state index contributed by atoms with van der Waals surface area (Å²) in [6.07, 6.45) is 4.44. The summed E-state index contributed by atoms with van der Waals surface area (Å²) in [7, 11) is 0. The Morgan fingerprint density at radius 3 is 2.23 bits per heavy atom. The molecule has 200 valence electrons. The second-order valence-electron chi connectivity index (χ2n) is 9.89. The molecule has 2 aliphatic heterocycles. The second kappa shape index (κ2) is 11.9. The normalized spacial score (nSPS) is 16.4.